The highest BCUT2D eigenvalue weighted by molar-refractivity contribution is 7.99. The number of nitrogens with two attached hydrogens (primary N) is 2. The second kappa shape index (κ2) is 19.2. The third kappa shape index (κ3) is 12.5. The summed E-state index contributed by atoms with van der Waals surface area (Å²) < 4.78 is 0. The van der Waals surface area contributed by atoms with Crippen molar-refractivity contribution in [3.8, 4) is 0 Å². The molecule has 2 aromatic rings. The van der Waals surface area contributed by atoms with Gasteiger partial charge in [-0.3, -0.25) is 19.2 Å². The molecule has 4 atom stereocenters. The van der Waals surface area contributed by atoms with Gasteiger partial charge in [-0.05, 0) is 61.4 Å². The monoisotopic (exact) mass is 638 g/mol. The molecule has 0 radical (unpaired) electrons. The Labute approximate surface area is 271 Å². The number of carbonyl (C=O) groups is 4. The van der Waals surface area contributed by atoms with Crippen LogP contribution in [0.15, 0.2) is 60.7 Å². The zero-order valence-corrected chi connectivity index (χ0v) is 27.4. The third-order valence-corrected chi connectivity index (χ3v) is 8.78. The largest absolute Gasteiger partial charge is 0.343 e. The first-order valence-corrected chi connectivity index (χ1v) is 17.1. The molecule has 1 fully saturated rings. The molecule has 1 aliphatic rings. The second-order valence-electron chi connectivity index (χ2n) is 12.0. The quantitative estimate of drug-likeness (QED) is 0.188. The molecule has 0 spiro atoms. The molecule has 1 unspecified atom stereocenters. The summed E-state index contributed by atoms with van der Waals surface area (Å²) in [4.78, 5) is 56.0. The number of hydrogen-bond acceptors (Lipinski definition) is 7. The molecule has 45 heavy (non-hydrogen) atoms. The summed E-state index contributed by atoms with van der Waals surface area (Å²) in [6.45, 7) is 5.61. The number of benzene rings is 2. The van der Waals surface area contributed by atoms with E-state index in [1.807, 2.05) is 91.2 Å². The summed E-state index contributed by atoms with van der Waals surface area (Å²) in [5.41, 5.74) is 13.8. The van der Waals surface area contributed by atoms with Crippen LogP contribution in [-0.4, -0.2) is 83.8 Å². The van der Waals surface area contributed by atoms with Crippen molar-refractivity contribution in [2.45, 2.75) is 76.5 Å². The van der Waals surface area contributed by atoms with Crippen LogP contribution in [0.4, 0.5) is 0 Å². The van der Waals surface area contributed by atoms with Gasteiger partial charge in [0.15, 0.2) is 0 Å². The summed E-state index contributed by atoms with van der Waals surface area (Å²) in [5, 5.41) is 8.67. The van der Waals surface area contributed by atoms with Crippen molar-refractivity contribution in [1.29, 1.82) is 0 Å². The van der Waals surface area contributed by atoms with Crippen LogP contribution in [0.5, 0.6) is 0 Å². The molecule has 1 aliphatic heterocycles. The van der Waals surface area contributed by atoms with Crippen LogP contribution in [0, 0.1) is 5.92 Å². The molecular weight excluding hydrogens is 588 g/mol. The van der Waals surface area contributed by atoms with Gasteiger partial charge in [0, 0.05) is 25.3 Å². The third-order valence-electron chi connectivity index (χ3n) is 7.74. The van der Waals surface area contributed by atoms with E-state index < -0.39 is 41.9 Å². The van der Waals surface area contributed by atoms with Gasteiger partial charge in [-0.1, -0.05) is 74.5 Å². The molecule has 4 amide bonds. The van der Waals surface area contributed by atoms with Crippen molar-refractivity contribution in [3.05, 3.63) is 71.8 Å². The van der Waals surface area contributed by atoms with Crippen molar-refractivity contribution in [1.82, 2.24) is 20.9 Å². The smallest absolute Gasteiger partial charge is 0.245 e. The molecule has 0 aromatic heterocycles. The summed E-state index contributed by atoms with van der Waals surface area (Å²) in [6.07, 6.45) is 2.79. The van der Waals surface area contributed by atoms with Gasteiger partial charge in [-0.15, -0.1) is 0 Å². The maximum Gasteiger partial charge on any atom is 0.245 e. The molecule has 2 aromatic carbocycles. The fraction of sp³-hybridized carbons (Fsp3) is 0.529. The van der Waals surface area contributed by atoms with Gasteiger partial charge in [0.1, 0.15) is 18.1 Å². The van der Waals surface area contributed by atoms with Crippen molar-refractivity contribution >= 4 is 35.4 Å². The van der Waals surface area contributed by atoms with Crippen molar-refractivity contribution in [3.63, 3.8) is 0 Å². The molecule has 246 valence electrons. The van der Waals surface area contributed by atoms with Crippen LogP contribution in [0.1, 0.15) is 50.7 Å². The Bertz CT molecular complexity index is 1210. The number of nitrogens with one attached hydrogen (secondary N) is 3. The standard InChI is InChI=1S/C34H50N6O4S/c1-24(2)21-29(32(42)37-28(15-9-16-35)34(44)40-17-10-19-45-20-18-40)39-33(43)30(23-26-13-7-4-8-14-26)38-31(41)27(36)22-25-11-5-3-6-12-25/h3-8,11-14,24,27-30H,9-10,15-23,35-36H2,1-2H3,(H,37,42)(H,38,41)(H,39,43)/t27-,28-,29-,30?/m1/s1. The number of rotatable bonds is 16. The van der Waals surface area contributed by atoms with Crippen LogP contribution >= 0.6 is 11.8 Å². The molecule has 3 rings (SSSR count). The lowest BCUT2D eigenvalue weighted by Crippen LogP contribution is -2.58. The number of nitrogens with zero attached hydrogens (tertiary/aromatic N) is 1. The number of hydrogen-bond donors (Lipinski definition) is 5. The van der Waals surface area contributed by atoms with E-state index in [-0.39, 0.29) is 18.2 Å². The Morgan fingerprint density at radius 1 is 0.778 bits per heavy atom. The number of carbonyl (C=O) groups excluding carboxylic acids is 4. The highest BCUT2D eigenvalue weighted by Crippen LogP contribution is 2.14. The van der Waals surface area contributed by atoms with Crippen molar-refractivity contribution < 1.29 is 19.2 Å². The van der Waals surface area contributed by atoms with Gasteiger partial charge in [0.05, 0.1) is 6.04 Å². The van der Waals surface area contributed by atoms with Gasteiger partial charge in [0.2, 0.25) is 23.6 Å². The van der Waals surface area contributed by atoms with E-state index in [9.17, 15) is 19.2 Å². The van der Waals surface area contributed by atoms with Crippen LogP contribution < -0.4 is 27.4 Å². The van der Waals surface area contributed by atoms with E-state index in [4.69, 9.17) is 11.5 Å². The second-order valence-corrected chi connectivity index (χ2v) is 13.2. The number of thioether (sulfide) groups is 1. The molecular formula is C34H50N6O4S. The zero-order valence-electron chi connectivity index (χ0n) is 26.6. The molecule has 11 heteroatoms. The summed E-state index contributed by atoms with van der Waals surface area (Å²) in [7, 11) is 0. The van der Waals surface area contributed by atoms with Gasteiger partial charge in [0.25, 0.3) is 0 Å². The van der Waals surface area contributed by atoms with Crippen LogP contribution in [0.2, 0.25) is 0 Å². The fourth-order valence-electron chi connectivity index (χ4n) is 5.31. The Kier molecular flexibility index (Phi) is 15.4. The van der Waals surface area contributed by atoms with Crippen molar-refractivity contribution in [2.75, 3.05) is 31.1 Å². The average Bonchev–Trinajstić information content (AvgIpc) is 3.32. The molecule has 7 N–H and O–H groups in total. The van der Waals surface area contributed by atoms with Crippen molar-refractivity contribution in [2.24, 2.45) is 17.4 Å². The Morgan fingerprint density at radius 2 is 1.36 bits per heavy atom. The summed E-state index contributed by atoms with van der Waals surface area (Å²) in [6, 6.07) is 15.4. The molecule has 10 nitrogen and oxygen atoms in total. The predicted molar refractivity (Wildman–Crippen MR) is 180 cm³/mol. The van der Waals surface area contributed by atoms with E-state index in [0.29, 0.717) is 45.3 Å². The molecule has 0 aliphatic carbocycles. The first-order valence-electron chi connectivity index (χ1n) is 16.0. The van der Waals surface area contributed by atoms with E-state index >= 15 is 0 Å². The Morgan fingerprint density at radius 3 is 1.98 bits per heavy atom. The molecule has 1 heterocycles. The SMILES string of the molecule is CC(C)C[C@@H](NC(=O)C(Cc1ccccc1)NC(=O)[C@H](N)Cc1ccccc1)C(=O)N[C@H](CCCN)C(=O)N1CCCSCC1. The minimum absolute atomic E-state index is 0.0725. The minimum atomic E-state index is -0.964. The lowest BCUT2D eigenvalue weighted by molar-refractivity contribution is -0.138. The van der Waals surface area contributed by atoms with E-state index in [1.165, 1.54) is 0 Å². The molecule has 0 saturated carbocycles. The molecule has 0 bridgehead atoms. The van der Waals surface area contributed by atoms with E-state index in [1.54, 1.807) is 0 Å². The van der Waals surface area contributed by atoms with Gasteiger partial charge in [-0.25, -0.2) is 0 Å². The van der Waals surface area contributed by atoms with Crippen LogP contribution in [-0.2, 0) is 32.0 Å². The van der Waals surface area contributed by atoms with Gasteiger partial charge in [-0.2, -0.15) is 11.8 Å². The average molecular weight is 639 g/mol. The van der Waals surface area contributed by atoms with Crippen LogP contribution in [0.3, 0.4) is 0 Å². The van der Waals surface area contributed by atoms with E-state index in [2.05, 4.69) is 16.0 Å². The first-order chi connectivity index (χ1) is 21.7. The topological polar surface area (TPSA) is 160 Å². The van der Waals surface area contributed by atoms with Gasteiger partial charge >= 0.3 is 0 Å². The highest BCUT2D eigenvalue weighted by Gasteiger charge is 2.32. The Hall–Kier alpha value is -3.41. The maximum absolute atomic E-state index is 13.8. The Balaban J connectivity index is 1.76. The fourth-order valence-corrected chi connectivity index (χ4v) is 6.20. The number of amides is 4. The minimum Gasteiger partial charge on any atom is -0.343 e. The lowest BCUT2D eigenvalue weighted by Gasteiger charge is -2.29. The predicted octanol–water partition coefficient (Wildman–Crippen LogP) is 2.00. The van der Waals surface area contributed by atoms with Crippen LogP contribution in [0.25, 0.3) is 0 Å². The lowest BCUT2D eigenvalue weighted by atomic mass is 9.99. The molecule has 1 saturated heterocycles. The summed E-state index contributed by atoms with van der Waals surface area (Å²) in [5.74, 6) is 0.446. The van der Waals surface area contributed by atoms with Gasteiger partial charge < -0.3 is 32.3 Å². The first kappa shape index (κ1) is 36.1. The zero-order chi connectivity index (χ0) is 32.6. The summed E-state index contributed by atoms with van der Waals surface area (Å²) >= 11 is 1.82. The van der Waals surface area contributed by atoms with E-state index in [0.717, 1.165) is 29.1 Å². The maximum atomic E-state index is 13.8. The normalized spacial score (nSPS) is 16.2. The highest BCUT2D eigenvalue weighted by atomic mass is 32.2.